The number of nitrogens with zero attached hydrogens (tertiary/aromatic N) is 1. The molecule has 3 atom stereocenters. The second-order valence-corrected chi connectivity index (χ2v) is 9.76. The van der Waals surface area contributed by atoms with Gasteiger partial charge in [0.2, 0.25) is 5.91 Å². The monoisotopic (exact) mass is 522 g/mol. The lowest BCUT2D eigenvalue weighted by molar-refractivity contribution is -0.150. The van der Waals surface area contributed by atoms with Crippen molar-refractivity contribution in [2.45, 2.75) is 56.6 Å². The fourth-order valence-electron chi connectivity index (χ4n) is 2.96. The van der Waals surface area contributed by atoms with Crippen molar-refractivity contribution in [2.24, 2.45) is 0 Å². The largest absolute Gasteiger partial charge is 0.366 e. The number of carbonyl (C=O) groups excluding carboxylic acids is 4. The number of allylic oxidation sites excluding steroid dienone is 1. The van der Waals surface area contributed by atoms with E-state index in [4.69, 9.17) is 4.74 Å². The van der Waals surface area contributed by atoms with Crippen LogP contribution in [-0.4, -0.2) is 63.4 Å². The molecule has 12 heteroatoms. The van der Waals surface area contributed by atoms with Crippen LogP contribution in [-0.2, 0) is 25.7 Å². The zero-order chi connectivity index (χ0) is 26.0. The topological polar surface area (TPSA) is 147 Å². The molecule has 0 saturated heterocycles. The molecule has 3 amide bonds. The molecule has 2 heterocycles. The van der Waals surface area contributed by atoms with Gasteiger partial charge in [-0.25, -0.2) is 4.98 Å². The maximum atomic E-state index is 12.7. The van der Waals surface area contributed by atoms with Crippen molar-refractivity contribution in [3.63, 3.8) is 0 Å². The molecule has 0 radical (unpaired) electrons. The fourth-order valence-corrected chi connectivity index (χ4v) is 4.06. The third kappa shape index (κ3) is 9.48. The number of rotatable bonds is 5. The van der Waals surface area contributed by atoms with Gasteiger partial charge in [0.25, 0.3) is 11.8 Å². The number of amides is 3. The van der Waals surface area contributed by atoms with Crippen LogP contribution in [0.15, 0.2) is 41.5 Å². The summed E-state index contributed by atoms with van der Waals surface area (Å²) in [4.78, 5) is 53.8. The Morgan fingerprint density at radius 1 is 1.31 bits per heavy atom. The number of aliphatic hydroxyl groups excluding tert-OH is 1. The average Bonchev–Trinajstić information content (AvgIpc) is 2.81. The molecule has 4 N–H and O–H groups in total. The van der Waals surface area contributed by atoms with Gasteiger partial charge in [-0.1, -0.05) is 30.5 Å². The van der Waals surface area contributed by atoms with E-state index in [9.17, 15) is 24.3 Å². The predicted octanol–water partition coefficient (Wildman–Crippen LogP) is 1.50. The number of pyridine rings is 1. The molecule has 1 aliphatic heterocycles. The van der Waals surface area contributed by atoms with Crippen molar-refractivity contribution < 1.29 is 29.0 Å². The molecule has 1 aliphatic rings. The summed E-state index contributed by atoms with van der Waals surface area (Å²) in [6.45, 7) is 6.66. The number of thioether (sulfide) groups is 2. The summed E-state index contributed by atoms with van der Waals surface area (Å²) in [5.74, 6) is -1.11. The SMILES string of the molecule is C=C1NC(=O)c2ccc(SC)c(n2)CNC(=O)C[C@@H](/C=C/CCSC(C)=O)OC(O)[C@H](C)NC1=O. The van der Waals surface area contributed by atoms with E-state index in [1.807, 2.05) is 6.26 Å². The number of aromatic nitrogens is 1. The fraction of sp³-hybridized carbons (Fsp3) is 0.435. The first-order valence-electron chi connectivity index (χ1n) is 10.9. The van der Waals surface area contributed by atoms with Gasteiger partial charge in [0.1, 0.15) is 5.69 Å². The molecule has 190 valence electrons. The zero-order valence-electron chi connectivity index (χ0n) is 19.8. The molecule has 0 fully saturated rings. The van der Waals surface area contributed by atoms with E-state index >= 15 is 0 Å². The molecular formula is C23H30N4O6S2. The summed E-state index contributed by atoms with van der Waals surface area (Å²) in [6.07, 6.45) is 3.51. The van der Waals surface area contributed by atoms with Crippen molar-refractivity contribution >= 4 is 46.4 Å². The van der Waals surface area contributed by atoms with Crippen LogP contribution in [0.3, 0.4) is 0 Å². The highest BCUT2D eigenvalue weighted by molar-refractivity contribution is 8.13. The Morgan fingerprint density at radius 3 is 2.74 bits per heavy atom. The number of ether oxygens (including phenoxy) is 1. The lowest BCUT2D eigenvalue weighted by Gasteiger charge is -2.25. The smallest absolute Gasteiger partial charge is 0.274 e. The number of hydrogen-bond acceptors (Lipinski definition) is 9. The summed E-state index contributed by atoms with van der Waals surface area (Å²) in [5, 5.41) is 18.2. The highest BCUT2D eigenvalue weighted by Gasteiger charge is 2.24. The minimum absolute atomic E-state index is 0.0128. The second kappa shape index (κ2) is 14.0. The Labute approximate surface area is 212 Å². The van der Waals surface area contributed by atoms with Gasteiger partial charge in [-0.3, -0.25) is 19.2 Å². The first-order chi connectivity index (χ1) is 16.6. The van der Waals surface area contributed by atoms with E-state index in [0.29, 0.717) is 17.9 Å². The van der Waals surface area contributed by atoms with Crippen molar-refractivity contribution in [1.29, 1.82) is 0 Å². The van der Waals surface area contributed by atoms with Gasteiger partial charge in [0.15, 0.2) is 11.4 Å². The minimum Gasteiger partial charge on any atom is -0.366 e. The summed E-state index contributed by atoms with van der Waals surface area (Å²) in [6, 6.07) is 2.36. The Kier molecular flexibility index (Phi) is 11.4. The molecule has 0 saturated carbocycles. The number of carbonyl (C=O) groups is 4. The van der Waals surface area contributed by atoms with E-state index in [0.717, 1.165) is 4.90 Å². The van der Waals surface area contributed by atoms with Crippen LogP contribution in [0.25, 0.3) is 0 Å². The van der Waals surface area contributed by atoms with Crippen molar-refractivity contribution in [2.75, 3.05) is 12.0 Å². The summed E-state index contributed by atoms with van der Waals surface area (Å²) >= 11 is 2.60. The molecule has 0 aliphatic carbocycles. The maximum Gasteiger partial charge on any atom is 0.274 e. The number of nitrogens with one attached hydrogen (secondary N) is 3. The number of aliphatic hydroxyl groups is 1. The third-order valence-electron chi connectivity index (χ3n) is 4.80. The number of hydrogen-bond donors (Lipinski definition) is 4. The van der Waals surface area contributed by atoms with Crippen LogP contribution in [0.1, 0.15) is 42.9 Å². The van der Waals surface area contributed by atoms with E-state index < -0.39 is 30.3 Å². The van der Waals surface area contributed by atoms with Gasteiger partial charge < -0.3 is 25.8 Å². The van der Waals surface area contributed by atoms with Crippen LogP contribution in [0.4, 0.5) is 0 Å². The second-order valence-electron chi connectivity index (χ2n) is 7.64. The van der Waals surface area contributed by atoms with Crippen LogP contribution in [0, 0.1) is 0 Å². The third-order valence-corrected chi connectivity index (χ3v) is 6.46. The molecule has 10 nitrogen and oxygen atoms in total. The molecule has 2 rings (SSSR count). The van der Waals surface area contributed by atoms with E-state index in [1.54, 1.807) is 18.2 Å². The Hall–Kier alpha value is -2.67. The average molecular weight is 523 g/mol. The number of fused-ring (bicyclic) bond motifs is 2. The van der Waals surface area contributed by atoms with Gasteiger partial charge in [-0.2, -0.15) is 0 Å². The van der Waals surface area contributed by atoms with E-state index in [2.05, 4.69) is 27.5 Å². The molecule has 35 heavy (non-hydrogen) atoms. The normalized spacial score (nSPS) is 22.5. The minimum atomic E-state index is -1.44. The molecule has 1 aromatic heterocycles. The van der Waals surface area contributed by atoms with Crippen LogP contribution >= 0.6 is 23.5 Å². The van der Waals surface area contributed by atoms with Gasteiger partial charge in [-0.05, 0) is 31.7 Å². The molecule has 0 spiro atoms. The Bertz CT molecular complexity index is 1000. The van der Waals surface area contributed by atoms with E-state index in [-0.39, 0.29) is 35.4 Å². The molecule has 0 aromatic carbocycles. The first-order valence-corrected chi connectivity index (χ1v) is 13.1. The quantitative estimate of drug-likeness (QED) is 0.195. The van der Waals surface area contributed by atoms with E-state index in [1.165, 1.54) is 43.4 Å². The van der Waals surface area contributed by atoms with Crippen molar-refractivity contribution in [1.82, 2.24) is 20.9 Å². The van der Waals surface area contributed by atoms with Gasteiger partial charge in [-0.15, -0.1) is 11.8 Å². The van der Waals surface area contributed by atoms with Crippen LogP contribution in [0.2, 0.25) is 0 Å². The lowest BCUT2D eigenvalue weighted by atomic mass is 10.2. The molecular weight excluding hydrogens is 492 g/mol. The highest BCUT2D eigenvalue weighted by Crippen LogP contribution is 2.19. The van der Waals surface area contributed by atoms with Crippen LogP contribution < -0.4 is 16.0 Å². The summed E-state index contributed by atoms with van der Waals surface area (Å²) < 4.78 is 5.64. The zero-order valence-corrected chi connectivity index (χ0v) is 21.5. The van der Waals surface area contributed by atoms with Gasteiger partial charge >= 0.3 is 0 Å². The van der Waals surface area contributed by atoms with Gasteiger partial charge in [0, 0.05) is 17.6 Å². The molecule has 2 bridgehead atoms. The maximum absolute atomic E-state index is 12.7. The highest BCUT2D eigenvalue weighted by atomic mass is 32.2. The predicted molar refractivity (Wildman–Crippen MR) is 134 cm³/mol. The standard InChI is InChI=1S/C23H30N4O6S2/c1-13-21(30)26-14(2)23(32)33-16(7-5-6-10-35-15(3)28)11-20(29)24-12-18-19(34-4)9-8-17(27-18)22(31)25-13/h5,7-9,14,16,23,32H,1,6,10-12H2,2-4H3,(H,24,29)(H,25,31)(H,26,30)/b7-5+/t14-,16+,23?/m0/s1. The summed E-state index contributed by atoms with van der Waals surface area (Å²) in [5.41, 5.74) is 0.337. The molecule has 1 unspecified atom stereocenters. The molecule has 1 aromatic rings. The van der Waals surface area contributed by atoms with Crippen molar-refractivity contribution in [3.05, 3.63) is 47.9 Å². The Balaban J connectivity index is 2.27. The first kappa shape index (κ1) is 28.6. The van der Waals surface area contributed by atoms with Crippen molar-refractivity contribution in [3.8, 4) is 0 Å². The van der Waals surface area contributed by atoms with Crippen LogP contribution in [0.5, 0.6) is 0 Å². The van der Waals surface area contributed by atoms with Gasteiger partial charge in [0.05, 0.1) is 36.5 Å². The Morgan fingerprint density at radius 2 is 2.06 bits per heavy atom. The summed E-state index contributed by atoms with van der Waals surface area (Å²) in [7, 11) is 0. The lowest BCUT2D eigenvalue weighted by Crippen LogP contribution is -2.46.